The highest BCUT2D eigenvalue weighted by Crippen LogP contribution is 2.18. The lowest BCUT2D eigenvalue weighted by atomic mass is 9.96. The SMILES string of the molecule is COCc1ccc(C(=O)NCC2CCN(Cc3ccccc3)CC2)o1. The number of hydrogen-bond acceptors (Lipinski definition) is 4. The minimum atomic E-state index is -0.144. The summed E-state index contributed by atoms with van der Waals surface area (Å²) in [6.45, 7) is 4.25. The summed E-state index contributed by atoms with van der Waals surface area (Å²) >= 11 is 0. The Kier molecular flexibility index (Phi) is 6.25. The molecule has 0 radical (unpaired) electrons. The highest BCUT2D eigenvalue weighted by atomic mass is 16.5. The van der Waals surface area contributed by atoms with Crippen molar-refractivity contribution in [1.82, 2.24) is 10.2 Å². The number of likely N-dealkylation sites (tertiary alicyclic amines) is 1. The maximum Gasteiger partial charge on any atom is 0.287 e. The number of ether oxygens (including phenoxy) is 1. The van der Waals surface area contributed by atoms with Crippen LogP contribution in [-0.2, 0) is 17.9 Å². The lowest BCUT2D eigenvalue weighted by Crippen LogP contribution is -2.38. The number of nitrogens with zero attached hydrogens (tertiary/aromatic N) is 1. The van der Waals surface area contributed by atoms with Crippen LogP contribution in [0.4, 0.5) is 0 Å². The molecule has 0 saturated carbocycles. The van der Waals surface area contributed by atoms with Crippen molar-refractivity contribution < 1.29 is 13.9 Å². The summed E-state index contributed by atoms with van der Waals surface area (Å²) < 4.78 is 10.5. The molecule has 0 aliphatic carbocycles. The van der Waals surface area contributed by atoms with Gasteiger partial charge in [0.05, 0.1) is 0 Å². The van der Waals surface area contributed by atoms with Crippen LogP contribution in [0.1, 0.15) is 34.7 Å². The number of benzene rings is 1. The highest BCUT2D eigenvalue weighted by molar-refractivity contribution is 5.91. The second kappa shape index (κ2) is 8.83. The molecule has 1 N–H and O–H groups in total. The molecule has 134 valence electrons. The number of rotatable bonds is 7. The fraction of sp³-hybridized carbons (Fsp3) is 0.450. The molecule has 2 heterocycles. The van der Waals surface area contributed by atoms with Crippen molar-refractivity contribution in [3.8, 4) is 0 Å². The van der Waals surface area contributed by atoms with Crippen molar-refractivity contribution >= 4 is 5.91 Å². The average Bonchev–Trinajstić information content (AvgIpc) is 3.11. The molecule has 25 heavy (non-hydrogen) atoms. The molecule has 5 heteroatoms. The molecule has 1 aliphatic rings. The molecule has 1 aromatic carbocycles. The zero-order valence-electron chi connectivity index (χ0n) is 14.7. The Morgan fingerprint density at radius 3 is 2.68 bits per heavy atom. The number of nitrogens with one attached hydrogen (secondary N) is 1. The molecule has 3 rings (SSSR count). The Bertz CT molecular complexity index is 661. The number of piperidine rings is 1. The third-order valence-corrected chi connectivity index (χ3v) is 4.68. The smallest absolute Gasteiger partial charge is 0.287 e. The molecular formula is C20H26N2O3. The van der Waals surface area contributed by atoms with Crippen molar-refractivity contribution in [2.75, 3.05) is 26.7 Å². The summed E-state index contributed by atoms with van der Waals surface area (Å²) in [5, 5.41) is 3.00. The van der Waals surface area contributed by atoms with Crippen LogP contribution in [-0.4, -0.2) is 37.6 Å². The maximum atomic E-state index is 12.2. The zero-order chi connectivity index (χ0) is 17.5. The predicted octanol–water partition coefficient (Wildman–Crippen LogP) is 3.07. The van der Waals surface area contributed by atoms with Gasteiger partial charge in [0.2, 0.25) is 0 Å². The molecule has 0 unspecified atom stereocenters. The van der Waals surface area contributed by atoms with Gasteiger partial charge in [-0.15, -0.1) is 0 Å². The normalized spacial score (nSPS) is 16.0. The summed E-state index contributed by atoms with van der Waals surface area (Å²) in [6.07, 6.45) is 2.22. The fourth-order valence-corrected chi connectivity index (χ4v) is 3.23. The summed E-state index contributed by atoms with van der Waals surface area (Å²) in [7, 11) is 1.60. The van der Waals surface area contributed by atoms with E-state index >= 15 is 0 Å². The Morgan fingerprint density at radius 1 is 1.20 bits per heavy atom. The standard InChI is InChI=1S/C20H26N2O3/c1-24-15-18-7-8-19(25-18)20(23)21-13-16-9-11-22(12-10-16)14-17-5-3-2-4-6-17/h2-8,16H,9-15H2,1H3,(H,21,23). The second-order valence-electron chi connectivity index (χ2n) is 6.61. The minimum Gasteiger partial charge on any atom is -0.453 e. The van der Waals surface area contributed by atoms with Crippen LogP contribution in [0.5, 0.6) is 0 Å². The first-order valence-electron chi connectivity index (χ1n) is 8.86. The molecule has 1 amide bonds. The summed E-state index contributed by atoms with van der Waals surface area (Å²) in [4.78, 5) is 14.6. The topological polar surface area (TPSA) is 54.7 Å². The van der Waals surface area contributed by atoms with Crippen LogP contribution in [0.15, 0.2) is 46.9 Å². The number of carbonyl (C=O) groups is 1. The third kappa shape index (κ3) is 5.18. The fourth-order valence-electron chi connectivity index (χ4n) is 3.23. The Hall–Kier alpha value is -2.11. The number of hydrogen-bond donors (Lipinski definition) is 1. The van der Waals surface area contributed by atoms with Gasteiger partial charge in [0.1, 0.15) is 12.4 Å². The number of amides is 1. The Morgan fingerprint density at radius 2 is 1.96 bits per heavy atom. The average molecular weight is 342 g/mol. The molecule has 1 fully saturated rings. The molecule has 0 bridgehead atoms. The predicted molar refractivity (Wildman–Crippen MR) is 96.2 cm³/mol. The number of methoxy groups -OCH3 is 1. The van der Waals surface area contributed by atoms with E-state index in [4.69, 9.17) is 9.15 Å². The van der Waals surface area contributed by atoms with E-state index in [1.165, 1.54) is 5.56 Å². The molecular weight excluding hydrogens is 316 g/mol. The molecule has 5 nitrogen and oxygen atoms in total. The van der Waals surface area contributed by atoms with Crippen LogP contribution < -0.4 is 5.32 Å². The van der Waals surface area contributed by atoms with Gasteiger partial charge in [-0.2, -0.15) is 0 Å². The van der Waals surface area contributed by atoms with E-state index in [0.717, 1.165) is 32.5 Å². The first-order valence-corrected chi connectivity index (χ1v) is 8.86. The van der Waals surface area contributed by atoms with Gasteiger partial charge >= 0.3 is 0 Å². The monoisotopic (exact) mass is 342 g/mol. The first kappa shape index (κ1) is 17.7. The van der Waals surface area contributed by atoms with Crippen molar-refractivity contribution in [2.45, 2.75) is 26.0 Å². The molecule has 2 aromatic rings. The van der Waals surface area contributed by atoms with Crippen molar-refractivity contribution in [2.24, 2.45) is 5.92 Å². The van der Waals surface area contributed by atoms with Gasteiger partial charge in [0.15, 0.2) is 5.76 Å². The molecule has 1 aromatic heterocycles. The molecule has 0 atom stereocenters. The Labute approximate surface area is 149 Å². The van der Waals surface area contributed by atoms with Crippen molar-refractivity contribution in [3.63, 3.8) is 0 Å². The van der Waals surface area contributed by atoms with Gasteiger partial charge in [-0.25, -0.2) is 0 Å². The first-order chi connectivity index (χ1) is 12.2. The summed E-state index contributed by atoms with van der Waals surface area (Å²) in [5.41, 5.74) is 1.36. The van der Waals surface area contributed by atoms with E-state index in [-0.39, 0.29) is 5.91 Å². The van der Waals surface area contributed by atoms with E-state index in [1.54, 1.807) is 19.2 Å². The van der Waals surface area contributed by atoms with Crippen LogP contribution in [0, 0.1) is 5.92 Å². The molecule has 1 saturated heterocycles. The van der Waals surface area contributed by atoms with Crippen molar-refractivity contribution in [3.05, 3.63) is 59.5 Å². The Balaban J connectivity index is 1.39. The third-order valence-electron chi connectivity index (χ3n) is 4.68. The molecule has 0 spiro atoms. The van der Waals surface area contributed by atoms with E-state index in [1.807, 2.05) is 0 Å². The van der Waals surface area contributed by atoms with E-state index < -0.39 is 0 Å². The minimum absolute atomic E-state index is 0.144. The van der Waals surface area contributed by atoms with Crippen molar-refractivity contribution in [1.29, 1.82) is 0 Å². The van der Waals surface area contributed by atoms with Crippen LogP contribution in [0.25, 0.3) is 0 Å². The van der Waals surface area contributed by atoms with Crippen LogP contribution >= 0.6 is 0 Å². The zero-order valence-corrected chi connectivity index (χ0v) is 14.7. The number of carbonyl (C=O) groups excluding carboxylic acids is 1. The quantitative estimate of drug-likeness (QED) is 0.840. The summed E-state index contributed by atoms with van der Waals surface area (Å²) in [5.74, 6) is 1.41. The summed E-state index contributed by atoms with van der Waals surface area (Å²) in [6, 6.07) is 14.1. The largest absolute Gasteiger partial charge is 0.453 e. The van der Waals surface area contributed by atoms with Crippen LogP contribution in [0.3, 0.4) is 0 Å². The molecule has 1 aliphatic heterocycles. The second-order valence-corrected chi connectivity index (χ2v) is 6.61. The van der Waals surface area contributed by atoms with E-state index in [0.29, 0.717) is 30.6 Å². The lowest BCUT2D eigenvalue weighted by molar-refractivity contribution is 0.0899. The maximum absolute atomic E-state index is 12.2. The lowest BCUT2D eigenvalue weighted by Gasteiger charge is -2.32. The van der Waals surface area contributed by atoms with E-state index in [2.05, 4.69) is 40.5 Å². The van der Waals surface area contributed by atoms with E-state index in [9.17, 15) is 4.79 Å². The van der Waals surface area contributed by atoms with Gasteiger partial charge in [0, 0.05) is 20.2 Å². The van der Waals surface area contributed by atoms with Gasteiger partial charge in [-0.3, -0.25) is 9.69 Å². The van der Waals surface area contributed by atoms with Gasteiger partial charge < -0.3 is 14.5 Å². The van der Waals surface area contributed by atoms with Gasteiger partial charge in [0.25, 0.3) is 5.91 Å². The van der Waals surface area contributed by atoms with Gasteiger partial charge in [-0.1, -0.05) is 30.3 Å². The van der Waals surface area contributed by atoms with Crippen LogP contribution in [0.2, 0.25) is 0 Å². The van der Waals surface area contributed by atoms with Gasteiger partial charge in [-0.05, 0) is 49.5 Å². The number of furan rings is 1. The highest BCUT2D eigenvalue weighted by Gasteiger charge is 2.20.